The van der Waals surface area contributed by atoms with Crippen molar-refractivity contribution >= 4 is 18.0 Å². The zero-order valence-corrected chi connectivity index (χ0v) is 18.1. The van der Waals surface area contributed by atoms with Crippen LogP contribution in [0.25, 0.3) is 11.1 Å². The van der Waals surface area contributed by atoms with Crippen LogP contribution in [-0.4, -0.2) is 53.7 Å². The fourth-order valence-corrected chi connectivity index (χ4v) is 4.72. The predicted molar refractivity (Wildman–Crippen MR) is 119 cm³/mol. The Labute approximate surface area is 187 Å². The van der Waals surface area contributed by atoms with Crippen LogP contribution in [-0.2, 0) is 14.3 Å². The largest absolute Gasteiger partial charge is 0.481 e. The van der Waals surface area contributed by atoms with Crippen molar-refractivity contribution in [3.63, 3.8) is 0 Å². The molecule has 1 fully saturated rings. The van der Waals surface area contributed by atoms with Crippen molar-refractivity contribution in [2.75, 3.05) is 19.7 Å². The van der Waals surface area contributed by atoms with Crippen molar-refractivity contribution in [2.45, 2.75) is 38.1 Å². The summed E-state index contributed by atoms with van der Waals surface area (Å²) in [6, 6.07) is 15.5. The Morgan fingerprint density at radius 2 is 1.72 bits per heavy atom. The highest BCUT2D eigenvalue weighted by Gasteiger charge is 2.33. The fourth-order valence-electron chi connectivity index (χ4n) is 4.72. The Hall–Kier alpha value is -3.35. The van der Waals surface area contributed by atoms with Gasteiger partial charge >= 0.3 is 12.1 Å². The molecule has 0 aromatic heterocycles. The standard InChI is InChI=1S/C25H28N2O5/c1-2-22(23(28)27-13-7-8-16(14-27)24(29)30)26-25(31)32-15-21-19-11-5-3-9-17(19)18-10-4-6-12-20(18)21/h3-6,9-12,16,21-22H,2,7-8,13-15H2,1H3,(H,26,31)(H,29,30)/t16-,22?/m0/s1. The summed E-state index contributed by atoms with van der Waals surface area (Å²) in [5.74, 6) is -1.76. The number of fused-ring (bicyclic) bond motifs is 3. The van der Waals surface area contributed by atoms with E-state index in [0.29, 0.717) is 25.8 Å². The van der Waals surface area contributed by atoms with Crippen molar-refractivity contribution in [1.29, 1.82) is 0 Å². The van der Waals surface area contributed by atoms with Gasteiger partial charge in [0, 0.05) is 19.0 Å². The first kappa shape index (κ1) is 21.9. The van der Waals surface area contributed by atoms with Gasteiger partial charge in [-0.15, -0.1) is 0 Å². The second kappa shape index (κ2) is 9.42. The third-order valence-electron chi connectivity index (χ3n) is 6.42. The zero-order valence-electron chi connectivity index (χ0n) is 18.1. The molecule has 1 aliphatic carbocycles. The number of carboxylic acid groups (broad SMARTS) is 1. The predicted octanol–water partition coefficient (Wildman–Crippen LogP) is 3.63. The molecule has 1 aliphatic heterocycles. The summed E-state index contributed by atoms with van der Waals surface area (Å²) < 4.78 is 5.55. The smallest absolute Gasteiger partial charge is 0.407 e. The van der Waals surface area contributed by atoms with Gasteiger partial charge in [-0.1, -0.05) is 55.5 Å². The molecule has 7 nitrogen and oxygen atoms in total. The summed E-state index contributed by atoms with van der Waals surface area (Å²) in [6.07, 6.45) is 0.968. The number of carbonyl (C=O) groups excluding carboxylic acids is 2. The molecule has 2 aromatic carbocycles. The molecule has 1 saturated heterocycles. The van der Waals surface area contributed by atoms with Crippen LogP contribution in [0.5, 0.6) is 0 Å². The lowest BCUT2D eigenvalue weighted by Crippen LogP contribution is -2.52. The van der Waals surface area contributed by atoms with Gasteiger partial charge in [0.05, 0.1) is 5.92 Å². The molecule has 4 rings (SSSR count). The first-order valence-corrected chi connectivity index (χ1v) is 11.1. The first-order valence-electron chi connectivity index (χ1n) is 11.1. The summed E-state index contributed by atoms with van der Waals surface area (Å²) in [6.45, 7) is 2.67. The molecule has 32 heavy (non-hydrogen) atoms. The van der Waals surface area contributed by atoms with E-state index >= 15 is 0 Å². The lowest BCUT2D eigenvalue weighted by molar-refractivity contribution is -0.146. The normalized spacial score (nSPS) is 18.4. The molecule has 0 bridgehead atoms. The molecule has 168 valence electrons. The quantitative estimate of drug-likeness (QED) is 0.721. The van der Waals surface area contributed by atoms with E-state index in [1.54, 1.807) is 4.90 Å². The summed E-state index contributed by atoms with van der Waals surface area (Å²) in [4.78, 5) is 38.3. The molecular weight excluding hydrogens is 408 g/mol. The average Bonchev–Trinajstić information content (AvgIpc) is 3.14. The molecule has 2 aromatic rings. The SMILES string of the molecule is CCC(NC(=O)OCC1c2ccccc2-c2ccccc21)C(=O)N1CCC[C@H](C(=O)O)C1. The number of carboxylic acids is 1. The number of alkyl carbamates (subject to hydrolysis) is 1. The Bertz CT molecular complexity index is 975. The Balaban J connectivity index is 1.38. The molecule has 1 heterocycles. The third kappa shape index (κ3) is 4.33. The number of nitrogens with zero attached hydrogens (tertiary/aromatic N) is 1. The number of nitrogens with one attached hydrogen (secondary N) is 1. The Kier molecular flexibility index (Phi) is 6.44. The molecule has 2 N–H and O–H groups in total. The highest BCUT2D eigenvalue weighted by Crippen LogP contribution is 2.44. The van der Waals surface area contributed by atoms with Crippen molar-refractivity contribution < 1.29 is 24.2 Å². The van der Waals surface area contributed by atoms with Crippen LogP contribution < -0.4 is 5.32 Å². The van der Waals surface area contributed by atoms with Gasteiger partial charge in [0.1, 0.15) is 12.6 Å². The third-order valence-corrected chi connectivity index (χ3v) is 6.42. The maximum absolute atomic E-state index is 12.9. The maximum Gasteiger partial charge on any atom is 0.407 e. The van der Waals surface area contributed by atoms with Crippen LogP contribution in [0.3, 0.4) is 0 Å². The minimum atomic E-state index is -0.889. The fraction of sp³-hybridized carbons (Fsp3) is 0.400. The average molecular weight is 437 g/mol. The number of piperidine rings is 1. The second-order valence-electron chi connectivity index (χ2n) is 8.39. The number of rotatable bonds is 6. The summed E-state index contributed by atoms with van der Waals surface area (Å²) in [5, 5.41) is 11.9. The van der Waals surface area contributed by atoms with E-state index in [1.807, 2.05) is 31.2 Å². The van der Waals surface area contributed by atoms with E-state index in [4.69, 9.17) is 4.74 Å². The minimum Gasteiger partial charge on any atom is -0.481 e. The van der Waals surface area contributed by atoms with E-state index in [2.05, 4.69) is 29.6 Å². The highest BCUT2D eigenvalue weighted by molar-refractivity contribution is 5.86. The molecule has 0 saturated carbocycles. The Morgan fingerprint density at radius 1 is 1.09 bits per heavy atom. The number of aliphatic carboxylic acids is 1. The van der Waals surface area contributed by atoms with E-state index in [9.17, 15) is 19.5 Å². The van der Waals surface area contributed by atoms with E-state index < -0.39 is 24.0 Å². The molecule has 2 aliphatic rings. The molecule has 1 unspecified atom stereocenters. The van der Waals surface area contributed by atoms with Gasteiger partial charge in [0.25, 0.3) is 0 Å². The number of likely N-dealkylation sites (tertiary alicyclic amines) is 1. The van der Waals surface area contributed by atoms with Gasteiger partial charge in [0.2, 0.25) is 5.91 Å². The molecule has 0 radical (unpaired) electrons. The molecular formula is C25H28N2O5. The van der Waals surface area contributed by atoms with Gasteiger partial charge in [-0.2, -0.15) is 0 Å². The lowest BCUT2D eigenvalue weighted by atomic mass is 9.97. The number of hydrogen-bond acceptors (Lipinski definition) is 4. The number of benzene rings is 2. The second-order valence-corrected chi connectivity index (χ2v) is 8.39. The lowest BCUT2D eigenvalue weighted by Gasteiger charge is -2.33. The van der Waals surface area contributed by atoms with E-state index in [0.717, 1.165) is 22.3 Å². The van der Waals surface area contributed by atoms with Crippen LogP contribution in [0.4, 0.5) is 4.79 Å². The van der Waals surface area contributed by atoms with Crippen molar-refractivity contribution in [3.8, 4) is 11.1 Å². The van der Waals surface area contributed by atoms with Gasteiger partial charge in [0.15, 0.2) is 0 Å². The first-order chi connectivity index (χ1) is 15.5. The summed E-state index contributed by atoms with van der Waals surface area (Å²) >= 11 is 0. The van der Waals surface area contributed by atoms with Crippen molar-refractivity contribution in [3.05, 3.63) is 59.7 Å². The zero-order chi connectivity index (χ0) is 22.7. The van der Waals surface area contributed by atoms with Crippen LogP contribution in [0.1, 0.15) is 43.2 Å². The molecule has 0 spiro atoms. The van der Waals surface area contributed by atoms with Gasteiger partial charge in [-0.3, -0.25) is 9.59 Å². The van der Waals surface area contributed by atoms with Gasteiger partial charge < -0.3 is 20.1 Å². The maximum atomic E-state index is 12.9. The number of amides is 2. The number of carbonyl (C=O) groups is 3. The van der Waals surface area contributed by atoms with Crippen LogP contribution in [0, 0.1) is 5.92 Å². The van der Waals surface area contributed by atoms with Crippen molar-refractivity contribution in [2.24, 2.45) is 5.92 Å². The molecule has 2 amide bonds. The summed E-state index contributed by atoms with van der Waals surface area (Å²) in [7, 11) is 0. The minimum absolute atomic E-state index is 0.0534. The molecule has 2 atom stereocenters. The van der Waals surface area contributed by atoms with Gasteiger partial charge in [-0.25, -0.2) is 4.79 Å². The van der Waals surface area contributed by atoms with E-state index in [-0.39, 0.29) is 25.0 Å². The number of hydrogen-bond donors (Lipinski definition) is 2. The monoisotopic (exact) mass is 436 g/mol. The van der Waals surface area contributed by atoms with Crippen LogP contribution in [0.15, 0.2) is 48.5 Å². The van der Waals surface area contributed by atoms with Crippen LogP contribution in [0.2, 0.25) is 0 Å². The Morgan fingerprint density at radius 3 is 2.31 bits per heavy atom. The van der Waals surface area contributed by atoms with Gasteiger partial charge in [-0.05, 0) is 41.5 Å². The summed E-state index contributed by atoms with van der Waals surface area (Å²) in [5.41, 5.74) is 4.55. The van der Waals surface area contributed by atoms with E-state index in [1.165, 1.54) is 0 Å². The van der Waals surface area contributed by atoms with Crippen LogP contribution >= 0.6 is 0 Å². The number of ether oxygens (including phenoxy) is 1. The molecule has 7 heteroatoms. The topological polar surface area (TPSA) is 95.9 Å². The van der Waals surface area contributed by atoms with Crippen molar-refractivity contribution in [1.82, 2.24) is 10.2 Å². The highest BCUT2D eigenvalue weighted by atomic mass is 16.5.